The van der Waals surface area contributed by atoms with Crippen LogP contribution in [0.3, 0.4) is 0 Å². The van der Waals surface area contributed by atoms with Crippen LogP contribution in [0.1, 0.15) is 5.56 Å². The van der Waals surface area contributed by atoms with Crippen molar-refractivity contribution in [1.29, 1.82) is 0 Å². The second kappa shape index (κ2) is 4.95. The maximum absolute atomic E-state index is 6.18. The van der Waals surface area contributed by atoms with E-state index in [1.807, 2.05) is 25.1 Å². The molecule has 0 saturated carbocycles. The number of aromatic amines is 1. The topological polar surface area (TPSA) is 105 Å². The van der Waals surface area contributed by atoms with E-state index in [4.69, 9.17) is 17.4 Å². The number of H-pyrrole nitrogens is 1. The van der Waals surface area contributed by atoms with Crippen LogP contribution in [0.2, 0.25) is 5.02 Å². The van der Waals surface area contributed by atoms with Crippen LogP contribution >= 0.6 is 11.6 Å². The third kappa shape index (κ3) is 2.24. The van der Waals surface area contributed by atoms with Crippen LogP contribution in [0.5, 0.6) is 0 Å². The lowest BCUT2D eigenvalue weighted by molar-refractivity contribution is 1.08. The third-order valence-corrected chi connectivity index (χ3v) is 3.14. The zero-order valence-electron chi connectivity index (χ0n) is 10.6. The van der Waals surface area contributed by atoms with Gasteiger partial charge in [0, 0.05) is 0 Å². The molecule has 20 heavy (non-hydrogen) atoms. The van der Waals surface area contributed by atoms with Crippen LogP contribution < -0.4 is 16.6 Å². The second-order valence-electron chi connectivity index (χ2n) is 4.28. The van der Waals surface area contributed by atoms with Gasteiger partial charge in [-0.15, -0.1) is 0 Å². The Balaban J connectivity index is 2.09. The van der Waals surface area contributed by atoms with E-state index >= 15 is 0 Å². The molecule has 8 heteroatoms. The van der Waals surface area contributed by atoms with Crippen molar-refractivity contribution >= 4 is 40.1 Å². The van der Waals surface area contributed by atoms with Gasteiger partial charge in [0.1, 0.15) is 5.82 Å². The Morgan fingerprint density at radius 2 is 2.15 bits per heavy atom. The Bertz CT molecular complexity index is 768. The summed E-state index contributed by atoms with van der Waals surface area (Å²) >= 11 is 6.18. The van der Waals surface area contributed by atoms with Crippen molar-refractivity contribution in [2.75, 3.05) is 10.7 Å². The number of benzene rings is 1. The number of nitrogens with two attached hydrogens (primary N) is 1. The standard InChI is InChI=1S/C12H12ClN7/c1-6-2-3-8(13)9(4-6)16-10-7-5-15-20-11(7)18-12(17-10)19-14/h2-5H,14H2,1H3,(H3,15,16,17,18,19,20). The molecule has 3 aromatic rings. The quantitative estimate of drug-likeness (QED) is 0.436. The summed E-state index contributed by atoms with van der Waals surface area (Å²) in [6.45, 7) is 1.99. The number of anilines is 3. The zero-order chi connectivity index (χ0) is 14.1. The minimum atomic E-state index is 0.285. The van der Waals surface area contributed by atoms with E-state index in [1.165, 1.54) is 0 Å². The number of hydrazine groups is 1. The Hall–Kier alpha value is -2.38. The van der Waals surface area contributed by atoms with Gasteiger partial charge in [0.25, 0.3) is 0 Å². The van der Waals surface area contributed by atoms with Crippen molar-refractivity contribution < 1.29 is 0 Å². The second-order valence-corrected chi connectivity index (χ2v) is 4.69. The SMILES string of the molecule is Cc1ccc(Cl)c(Nc2nc(NN)nc3[nH]ncc23)c1. The molecule has 0 unspecified atom stereocenters. The number of nitrogen functional groups attached to an aromatic ring is 1. The molecule has 0 bridgehead atoms. The smallest absolute Gasteiger partial charge is 0.241 e. The lowest BCUT2D eigenvalue weighted by atomic mass is 10.2. The van der Waals surface area contributed by atoms with Gasteiger partial charge in [-0.2, -0.15) is 15.1 Å². The summed E-state index contributed by atoms with van der Waals surface area (Å²) in [6, 6.07) is 5.70. The Morgan fingerprint density at radius 3 is 2.95 bits per heavy atom. The van der Waals surface area contributed by atoms with Crippen LogP contribution in [-0.2, 0) is 0 Å². The first kappa shape index (κ1) is 12.6. The highest BCUT2D eigenvalue weighted by atomic mass is 35.5. The monoisotopic (exact) mass is 289 g/mol. The highest BCUT2D eigenvalue weighted by Crippen LogP contribution is 2.29. The summed E-state index contributed by atoms with van der Waals surface area (Å²) in [5, 5.41) is 11.3. The minimum Gasteiger partial charge on any atom is -0.338 e. The maximum atomic E-state index is 6.18. The first-order chi connectivity index (χ1) is 9.67. The van der Waals surface area contributed by atoms with Crippen LogP contribution in [0.4, 0.5) is 17.5 Å². The van der Waals surface area contributed by atoms with Crippen molar-refractivity contribution in [3.05, 3.63) is 35.0 Å². The number of rotatable bonds is 3. The summed E-state index contributed by atoms with van der Waals surface area (Å²) in [5.41, 5.74) is 4.85. The van der Waals surface area contributed by atoms with Gasteiger partial charge >= 0.3 is 0 Å². The van der Waals surface area contributed by atoms with Crippen molar-refractivity contribution in [2.45, 2.75) is 6.92 Å². The number of aryl methyl sites for hydroxylation is 1. The molecular formula is C12H12ClN7. The Morgan fingerprint density at radius 1 is 1.30 bits per heavy atom. The number of hydrogen-bond donors (Lipinski definition) is 4. The van der Waals surface area contributed by atoms with Gasteiger partial charge in [-0.25, -0.2) is 5.84 Å². The average molecular weight is 290 g/mol. The summed E-state index contributed by atoms with van der Waals surface area (Å²) in [6.07, 6.45) is 1.64. The van der Waals surface area contributed by atoms with E-state index in [1.54, 1.807) is 6.20 Å². The molecule has 0 spiro atoms. The average Bonchev–Trinajstić information content (AvgIpc) is 2.91. The fraction of sp³-hybridized carbons (Fsp3) is 0.0833. The number of fused-ring (bicyclic) bond motifs is 1. The molecule has 0 fully saturated rings. The van der Waals surface area contributed by atoms with Gasteiger partial charge in [0.05, 0.1) is 22.3 Å². The van der Waals surface area contributed by atoms with Gasteiger partial charge in [-0.1, -0.05) is 17.7 Å². The highest BCUT2D eigenvalue weighted by molar-refractivity contribution is 6.33. The van der Waals surface area contributed by atoms with Gasteiger partial charge in [0.15, 0.2) is 5.65 Å². The van der Waals surface area contributed by atoms with Crippen molar-refractivity contribution in [3.63, 3.8) is 0 Å². The highest BCUT2D eigenvalue weighted by Gasteiger charge is 2.10. The lowest BCUT2D eigenvalue weighted by Gasteiger charge is -2.10. The van der Waals surface area contributed by atoms with E-state index in [0.717, 1.165) is 16.6 Å². The molecular weight excluding hydrogens is 278 g/mol. The van der Waals surface area contributed by atoms with Crippen LogP contribution in [0.25, 0.3) is 11.0 Å². The summed E-state index contributed by atoms with van der Waals surface area (Å²) in [4.78, 5) is 8.44. The molecule has 0 aliphatic heterocycles. The maximum Gasteiger partial charge on any atom is 0.241 e. The first-order valence-electron chi connectivity index (χ1n) is 5.88. The molecule has 7 nitrogen and oxygen atoms in total. The minimum absolute atomic E-state index is 0.285. The molecule has 2 aromatic heterocycles. The normalized spacial score (nSPS) is 10.8. The Kier molecular flexibility index (Phi) is 3.13. The van der Waals surface area contributed by atoms with E-state index < -0.39 is 0 Å². The van der Waals surface area contributed by atoms with E-state index in [2.05, 4.69) is 30.9 Å². The predicted molar refractivity (Wildman–Crippen MR) is 79.0 cm³/mol. The van der Waals surface area contributed by atoms with Gasteiger partial charge in [-0.3, -0.25) is 10.5 Å². The van der Waals surface area contributed by atoms with Crippen molar-refractivity contribution in [2.24, 2.45) is 5.84 Å². The molecule has 102 valence electrons. The summed E-state index contributed by atoms with van der Waals surface area (Å²) < 4.78 is 0. The molecule has 3 rings (SSSR count). The molecule has 2 heterocycles. The van der Waals surface area contributed by atoms with Gasteiger partial charge < -0.3 is 5.32 Å². The molecule has 1 aromatic carbocycles. The Labute approximate surface area is 119 Å². The van der Waals surface area contributed by atoms with Crippen LogP contribution in [0.15, 0.2) is 24.4 Å². The van der Waals surface area contributed by atoms with E-state index in [-0.39, 0.29) is 5.95 Å². The molecule has 0 saturated heterocycles. The van der Waals surface area contributed by atoms with E-state index in [0.29, 0.717) is 16.5 Å². The predicted octanol–water partition coefficient (Wildman–Crippen LogP) is 2.34. The summed E-state index contributed by atoms with van der Waals surface area (Å²) in [7, 11) is 0. The number of aromatic nitrogens is 4. The fourth-order valence-corrected chi connectivity index (χ4v) is 2.02. The first-order valence-corrected chi connectivity index (χ1v) is 6.26. The molecule has 0 aliphatic carbocycles. The van der Waals surface area contributed by atoms with Crippen molar-refractivity contribution in [1.82, 2.24) is 20.2 Å². The number of halogens is 1. The third-order valence-electron chi connectivity index (χ3n) is 2.81. The fourth-order valence-electron chi connectivity index (χ4n) is 1.86. The molecule has 0 radical (unpaired) electrons. The number of nitrogens with zero attached hydrogens (tertiary/aromatic N) is 3. The molecule has 5 N–H and O–H groups in total. The molecule has 0 aliphatic rings. The van der Waals surface area contributed by atoms with E-state index in [9.17, 15) is 0 Å². The summed E-state index contributed by atoms with van der Waals surface area (Å²) in [5.74, 6) is 6.22. The lowest BCUT2D eigenvalue weighted by Crippen LogP contribution is -2.11. The van der Waals surface area contributed by atoms with Crippen LogP contribution in [-0.4, -0.2) is 20.2 Å². The van der Waals surface area contributed by atoms with Gasteiger partial charge in [-0.05, 0) is 24.6 Å². The largest absolute Gasteiger partial charge is 0.338 e. The molecule has 0 atom stereocenters. The molecule has 0 amide bonds. The number of nitrogens with one attached hydrogen (secondary N) is 3. The van der Waals surface area contributed by atoms with Crippen molar-refractivity contribution in [3.8, 4) is 0 Å². The number of hydrogen-bond acceptors (Lipinski definition) is 6. The van der Waals surface area contributed by atoms with Crippen LogP contribution in [0, 0.1) is 6.92 Å². The van der Waals surface area contributed by atoms with Gasteiger partial charge in [0.2, 0.25) is 5.95 Å². The zero-order valence-corrected chi connectivity index (χ0v) is 11.4.